The van der Waals surface area contributed by atoms with Crippen LogP contribution in [0.1, 0.15) is 18.5 Å². The Morgan fingerprint density at radius 1 is 0.889 bits per heavy atom. The zero-order valence-corrected chi connectivity index (χ0v) is 19.3. The largest absolute Gasteiger partial charge is 0.508 e. The molecule has 7 nitrogen and oxygen atoms in total. The summed E-state index contributed by atoms with van der Waals surface area (Å²) in [5, 5.41) is 16.3. The first-order valence-corrected chi connectivity index (χ1v) is 11.4. The second kappa shape index (κ2) is 8.42. The number of aromatic nitrogens is 5. The molecule has 3 aromatic carbocycles. The van der Waals surface area contributed by atoms with Gasteiger partial charge in [-0.2, -0.15) is 5.10 Å². The number of halogens is 1. The van der Waals surface area contributed by atoms with Gasteiger partial charge in [-0.1, -0.05) is 48.5 Å². The average Bonchev–Trinajstić information content (AvgIpc) is 3.28. The van der Waals surface area contributed by atoms with Gasteiger partial charge in [-0.15, -0.1) is 0 Å². The minimum Gasteiger partial charge on any atom is -0.508 e. The van der Waals surface area contributed by atoms with Crippen LogP contribution in [0.15, 0.2) is 85.2 Å². The van der Waals surface area contributed by atoms with Crippen LogP contribution < -0.4 is 5.73 Å². The van der Waals surface area contributed by atoms with Gasteiger partial charge in [0.1, 0.15) is 29.4 Å². The third-order valence-electron chi connectivity index (χ3n) is 6.29. The van der Waals surface area contributed by atoms with E-state index in [1.54, 1.807) is 4.68 Å². The second-order valence-electron chi connectivity index (χ2n) is 8.61. The van der Waals surface area contributed by atoms with E-state index in [-0.39, 0.29) is 17.6 Å². The number of phenolic OH excluding ortho intramolecular Hbond substituents is 1. The Morgan fingerprint density at radius 3 is 2.47 bits per heavy atom. The Balaban J connectivity index is 1.61. The van der Waals surface area contributed by atoms with E-state index in [2.05, 4.69) is 16.0 Å². The van der Waals surface area contributed by atoms with Crippen LogP contribution in [0.5, 0.6) is 5.75 Å². The van der Waals surface area contributed by atoms with Crippen LogP contribution in [0.2, 0.25) is 0 Å². The maximum absolute atomic E-state index is 14.2. The molecule has 0 saturated carbocycles. The number of para-hydroxylation sites is 1. The van der Waals surface area contributed by atoms with E-state index in [0.29, 0.717) is 22.3 Å². The number of nitrogens with two attached hydrogens (primary N) is 1. The van der Waals surface area contributed by atoms with Crippen LogP contribution >= 0.6 is 0 Å². The summed E-state index contributed by atoms with van der Waals surface area (Å²) < 4.78 is 15.9. The number of nitrogen functional groups attached to an aromatic ring is 1. The molecule has 0 aliphatic carbocycles. The van der Waals surface area contributed by atoms with Crippen LogP contribution in [0.25, 0.3) is 44.5 Å². The molecule has 0 fully saturated rings. The molecule has 176 valence electrons. The highest BCUT2D eigenvalue weighted by atomic mass is 19.1. The molecule has 0 bridgehead atoms. The number of aromatic hydroxyl groups is 1. The van der Waals surface area contributed by atoms with Crippen LogP contribution in [0, 0.1) is 5.82 Å². The molecule has 0 saturated heterocycles. The lowest BCUT2D eigenvalue weighted by atomic mass is 9.98. The Bertz CT molecular complexity index is 1730. The molecule has 8 heteroatoms. The molecule has 3 aromatic heterocycles. The smallest absolute Gasteiger partial charge is 0.164 e. The second-order valence-corrected chi connectivity index (χ2v) is 8.61. The molecule has 0 amide bonds. The van der Waals surface area contributed by atoms with Gasteiger partial charge in [-0.3, -0.25) is 0 Å². The first-order chi connectivity index (χ1) is 17.5. The van der Waals surface area contributed by atoms with Crippen molar-refractivity contribution < 1.29 is 9.50 Å². The van der Waals surface area contributed by atoms with E-state index in [0.717, 1.165) is 33.8 Å². The van der Waals surface area contributed by atoms with E-state index < -0.39 is 5.82 Å². The Hall–Kier alpha value is -4.85. The standard InChI is InChI=1S/C28H21FN6O/c1-16(22-13-18-9-5-6-10-23(18)33-25(22)17-7-3-2-4-8-17)35-28-24(27(30)31-15-32-28)26(34-35)19-11-20(29)14-21(36)12-19/h2-16,36H,1H3,(H2,30,31,32). The fraction of sp³-hybridized carbons (Fsp3) is 0.0714. The first-order valence-electron chi connectivity index (χ1n) is 11.4. The minimum atomic E-state index is -0.582. The van der Waals surface area contributed by atoms with Crippen molar-refractivity contribution in [2.45, 2.75) is 13.0 Å². The van der Waals surface area contributed by atoms with E-state index >= 15 is 0 Å². The van der Waals surface area contributed by atoms with Gasteiger partial charge in [-0.05, 0) is 31.2 Å². The van der Waals surface area contributed by atoms with Crippen molar-refractivity contribution in [2.24, 2.45) is 0 Å². The van der Waals surface area contributed by atoms with Crippen molar-refractivity contribution in [1.82, 2.24) is 24.7 Å². The zero-order valence-electron chi connectivity index (χ0n) is 19.3. The van der Waals surface area contributed by atoms with E-state index in [9.17, 15) is 9.50 Å². The third kappa shape index (κ3) is 3.60. The van der Waals surface area contributed by atoms with Gasteiger partial charge in [-0.25, -0.2) is 24.0 Å². The maximum Gasteiger partial charge on any atom is 0.164 e. The predicted molar refractivity (Wildman–Crippen MR) is 138 cm³/mol. The van der Waals surface area contributed by atoms with Crippen molar-refractivity contribution in [3.8, 4) is 28.3 Å². The maximum atomic E-state index is 14.2. The fourth-order valence-corrected chi connectivity index (χ4v) is 4.59. The molecular formula is C28H21FN6O. The number of rotatable bonds is 4. The van der Waals surface area contributed by atoms with Gasteiger partial charge < -0.3 is 10.8 Å². The Labute approximate surface area is 205 Å². The molecule has 1 atom stereocenters. The summed E-state index contributed by atoms with van der Waals surface area (Å²) in [5.41, 5.74) is 11.2. The summed E-state index contributed by atoms with van der Waals surface area (Å²) >= 11 is 0. The van der Waals surface area contributed by atoms with Crippen molar-refractivity contribution in [3.05, 3.63) is 96.6 Å². The highest BCUT2D eigenvalue weighted by Gasteiger charge is 2.24. The SMILES string of the molecule is CC(c1cc2ccccc2nc1-c1ccccc1)n1nc(-c2cc(O)cc(F)c2)c2c(N)ncnc21. The highest BCUT2D eigenvalue weighted by molar-refractivity contribution is 5.98. The van der Waals surface area contributed by atoms with Gasteiger partial charge in [0, 0.05) is 28.1 Å². The zero-order chi connectivity index (χ0) is 24.8. The lowest BCUT2D eigenvalue weighted by Crippen LogP contribution is -2.12. The molecule has 3 N–H and O–H groups in total. The molecule has 6 rings (SSSR count). The van der Waals surface area contributed by atoms with E-state index in [1.165, 1.54) is 18.5 Å². The summed E-state index contributed by atoms with van der Waals surface area (Å²) in [4.78, 5) is 13.6. The van der Waals surface area contributed by atoms with Crippen LogP contribution in [-0.4, -0.2) is 29.8 Å². The summed E-state index contributed by atoms with van der Waals surface area (Å²) in [7, 11) is 0. The van der Waals surface area contributed by atoms with Gasteiger partial charge in [0.15, 0.2) is 5.65 Å². The first kappa shape index (κ1) is 21.7. The van der Waals surface area contributed by atoms with Crippen molar-refractivity contribution in [2.75, 3.05) is 5.73 Å². The van der Waals surface area contributed by atoms with Gasteiger partial charge >= 0.3 is 0 Å². The molecule has 0 aliphatic heterocycles. The number of hydrogen-bond acceptors (Lipinski definition) is 6. The topological polar surface area (TPSA) is 103 Å². The molecule has 36 heavy (non-hydrogen) atoms. The molecule has 6 aromatic rings. The van der Waals surface area contributed by atoms with E-state index in [1.807, 2.05) is 61.5 Å². The molecule has 0 spiro atoms. The van der Waals surface area contributed by atoms with Crippen molar-refractivity contribution in [1.29, 1.82) is 0 Å². The van der Waals surface area contributed by atoms with Crippen LogP contribution in [0.3, 0.4) is 0 Å². The highest BCUT2D eigenvalue weighted by Crippen LogP contribution is 2.37. The molecule has 0 aliphatic rings. The summed E-state index contributed by atoms with van der Waals surface area (Å²) in [6, 6.07) is 23.5. The predicted octanol–water partition coefficient (Wildman–Crippen LogP) is 5.74. The average molecular weight is 477 g/mol. The monoisotopic (exact) mass is 476 g/mol. The number of pyridine rings is 1. The number of fused-ring (bicyclic) bond motifs is 2. The van der Waals surface area contributed by atoms with E-state index in [4.69, 9.17) is 15.8 Å². The van der Waals surface area contributed by atoms with Gasteiger partial charge in [0.05, 0.1) is 22.6 Å². The van der Waals surface area contributed by atoms with Crippen LogP contribution in [-0.2, 0) is 0 Å². The summed E-state index contributed by atoms with van der Waals surface area (Å²) in [6.45, 7) is 2.01. The lowest BCUT2D eigenvalue weighted by molar-refractivity contribution is 0.469. The molecular weight excluding hydrogens is 455 g/mol. The van der Waals surface area contributed by atoms with Gasteiger partial charge in [0.2, 0.25) is 0 Å². The number of anilines is 1. The minimum absolute atomic E-state index is 0.207. The molecule has 0 radical (unpaired) electrons. The van der Waals surface area contributed by atoms with Crippen molar-refractivity contribution in [3.63, 3.8) is 0 Å². The Kier molecular flexibility index (Phi) is 5.07. The molecule has 1 unspecified atom stereocenters. The van der Waals surface area contributed by atoms with Crippen molar-refractivity contribution >= 4 is 27.8 Å². The summed E-state index contributed by atoms with van der Waals surface area (Å²) in [6.07, 6.45) is 1.38. The summed E-state index contributed by atoms with van der Waals surface area (Å²) in [5.74, 6) is -0.570. The van der Waals surface area contributed by atoms with Crippen LogP contribution in [0.4, 0.5) is 10.2 Å². The normalized spacial score (nSPS) is 12.3. The Morgan fingerprint density at radius 2 is 1.67 bits per heavy atom. The number of hydrogen-bond donors (Lipinski definition) is 2. The quantitative estimate of drug-likeness (QED) is 0.336. The lowest BCUT2D eigenvalue weighted by Gasteiger charge is -2.18. The van der Waals surface area contributed by atoms with Gasteiger partial charge in [0.25, 0.3) is 0 Å². The number of benzene rings is 3. The number of phenols is 1. The third-order valence-corrected chi connectivity index (χ3v) is 6.29. The fourth-order valence-electron chi connectivity index (χ4n) is 4.59. The number of nitrogens with zero attached hydrogens (tertiary/aromatic N) is 5. The molecule has 3 heterocycles.